The molecular weight excluding hydrogens is 328 g/mol. The minimum absolute atomic E-state index is 0.759. The molecule has 0 aliphatic carbocycles. The molecule has 0 unspecified atom stereocenters. The summed E-state index contributed by atoms with van der Waals surface area (Å²) in [6, 6.07) is 18.9. The normalized spacial score (nSPS) is 11.0. The predicted octanol–water partition coefficient (Wildman–Crippen LogP) is 4.66. The van der Waals surface area contributed by atoms with Crippen LogP contribution in [0.2, 0.25) is 0 Å². The highest BCUT2D eigenvalue weighted by Gasteiger charge is 2.06. The van der Waals surface area contributed by atoms with E-state index in [0.29, 0.717) is 0 Å². The van der Waals surface area contributed by atoms with E-state index in [9.17, 15) is 0 Å². The number of benzene rings is 2. The third-order valence-electron chi connectivity index (χ3n) is 4.18. The summed E-state index contributed by atoms with van der Waals surface area (Å²) >= 11 is 1.59. The quantitative estimate of drug-likeness (QED) is 0.640. The van der Waals surface area contributed by atoms with Gasteiger partial charge in [-0.1, -0.05) is 79.8 Å². The van der Waals surface area contributed by atoms with Gasteiger partial charge >= 0.3 is 0 Å². The number of aromatic nitrogens is 2. The summed E-state index contributed by atoms with van der Waals surface area (Å²) in [5.74, 6) is 0. The van der Waals surface area contributed by atoms with Crippen molar-refractivity contribution >= 4 is 16.5 Å². The number of hydrogen-bond acceptors (Lipinski definition) is 5. The minimum Gasteiger partial charge on any atom is -0.356 e. The monoisotopic (exact) mass is 352 g/mol. The molecule has 5 heteroatoms. The first-order valence-electron chi connectivity index (χ1n) is 8.71. The fourth-order valence-corrected chi connectivity index (χ4v) is 3.46. The molecule has 2 aromatic carbocycles. The van der Waals surface area contributed by atoms with Gasteiger partial charge in [-0.05, 0) is 24.2 Å². The summed E-state index contributed by atoms with van der Waals surface area (Å²) in [4.78, 5) is 2.42. The summed E-state index contributed by atoms with van der Waals surface area (Å²) in [5.41, 5.74) is 3.72. The van der Waals surface area contributed by atoms with Crippen molar-refractivity contribution in [3.8, 4) is 10.6 Å². The average molecular weight is 353 g/mol. The van der Waals surface area contributed by atoms with Gasteiger partial charge in [0.25, 0.3) is 0 Å². The van der Waals surface area contributed by atoms with Gasteiger partial charge in [-0.15, -0.1) is 10.2 Å². The van der Waals surface area contributed by atoms with Gasteiger partial charge in [0.2, 0.25) is 5.13 Å². The Bertz CT molecular complexity index is 781. The first kappa shape index (κ1) is 17.6. The van der Waals surface area contributed by atoms with Gasteiger partial charge in [-0.3, -0.25) is 4.90 Å². The van der Waals surface area contributed by atoms with Crippen molar-refractivity contribution < 1.29 is 0 Å². The molecule has 1 aromatic heterocycles. The highest BCUT2D eigenvalue weighted by Crippen LogP contribution is 2.26. The number of hydrogen-bond donors (Lipinski definition) is 1. The van der Waals surface area contributed by atoms with Gasteiger partial charge < -0.3 is 5.32 Å². The van der Waals surface area contributed by atoms with Crippen molar-refractivity contribution in [3.05, 3.63) is 65.7 Å². The molecule has 3 aromatic rings. The zero-order valence-electron chi connectivity index (χ0n) is 14.8. The van der Waals surface area contributed by atoms with Crippen molar-refractivity contribution in [2.75, 3.05) is 18.4 Å². The van der Waals surface area contributed by atoms with Crippen LogP contribution in [0.5, 0.6) is 0 Å². The van der Waals surface area contributed by atoms with E-state index in [0.717, 1.165) is 41.9 Å². The van der Waals surface area contributed by atoms with E-state index < -0.39 is 0 Å². The Morgan fingerprint density at radius 1 is 0.920 bits per heavy atom. The van der Waals surface area contributed by atoms with Gasteiger partial charge in [-0.2, -0.15) is 0 Å². The van der Waals surface area contributed by atoms with E-state index in [-0.39, 0.29) is 0 Å². The molecule has 1 heterocycles. The van der Waals surface area contributed by atoms with Gasteiger partial charge in [0.1, 0.15) is 5.01 Å². The topological polar surface area (TPSA) is 41.0 Å². The largest absolute Gasteiger partial charge is 0.356 e. The summed E-state index contributed by atoms with van der Waals surface area (Å²) in [7, 11) is 0. The van der Waals surface area contributed by atoms with Gasteiger partial charge in [-0.25, -0.2) is 0 Å². The second-order valence-electron chi connectivity index (χ2n) is 5.91. The molecule has 0 amide bonds. The van der Waals surface area contributed by atoms with Crippen LogP contribution in [0.25, 0.3) is 10.6 Å². The van der Waals surface area contributed by atoms with Crippen molar-refractivity contribution in [3.63, 3.8) is 0 Å². The molecule has 0 fully saturated rings. The SMILES string of the molecule is CCN(CC)Cc1cccc(CNc2nnc(-c3ccccc3)s2)c1. The fraction of sp³-hybridized carbons (Fsp3) is 0.300. The molecule has 1 N–H and O–H groups in total. The first-order chi connectivity index (χ1) is 12.3. The lowest BCUT2D eigenvalue weighted by molar-refractivity contribution is 0.296. The highest BCUT2D eigenvalue weighted by molar-refractivity contribution is 7.18. The molecule has 0 aliphatic rings. The van der Waals surface area contributed by atoms with Crippen LogP contribution in [-0.2, 0) is 13.1 Å². The van der Waals surface area contributed by atoms with Crippen LogP contribution in [0.1, 0.15) is 25.0 Å². The Morgan fingerprint density at radius 2 is 1.68 bits per heavy atom. The maximum absolute atomic E-state index is 4.28. The molecule has 0 aliphatic heterocycles. The lowest BCUT2D eigenvalue weighted by Crippen LogP contribution is -2.22. The molecule has 0 saturated carbocycles. The van der Waals surface area contributed by atoms with Crippen LogP contribution < -0.4 is 5.32 Å². The Kier molecular flexibility index (Phi) is 6.14. The van der Waals surface area contributed by atoms with E-state index in [2.05, 4.69) is 70.7 Å². The molecule has 0 bridgehead atoms. The van der Waals surface area contributed by atoms with Gasteiger partial charge in [0, 0.05) is 18.7 Å². The Labute approximate surface area is 153 Å². The second-order valence-corrected chi connectivity index (χ2v) is 6.89. The summed E-state index contributed by atoms with van der Waals surface area (Å²) in [6.45, 7) is 8.31. The van der Waals surface area contributed by atoms with E-state index in [1.54, 1.807) is 11.3 Å². The number of anilines is 1. The van der Waals surface area contributed by atoms with E-state index in [4.69, 9.17) is 0 Å². The smallest absolute Gasteiger partial charge is 0.206 e. The molecule has 4 nitrogen and oxygen atoms in total. The van der Waals surface area contributed by atoms with E-state index in [1.165, 1.54) is 11.1 Å². The van der Waals surface area contributed by atoms with E-state index in [1.807, 2.05) is 18.2 Å². The average Bonchev–Trinajstić information content (AvgIpc) is 3.14. The predicted molar refractivity (Wildman–Crippen MR) is 106 cm³/mol. The molecular formula is C20H24N4S. The minimum atomic E-state index is 0.759. The van der Waals surface area contributed by atoms with Crippen LogP contribution >= 0.6 is 11.3 Å². The number of rotatable bonds is 8. The van der Waals surface area contributed by atoms with Crippen molar-refractivity contribution in [2.45, 2.75) is 26.9 Å². The third kappa shape index (κ3) is 4.87. The van der Waals surface area contributed by atoms with Crippen LogP contribution in [0.3, 0.4) is 0 Å². The van der Waals surface area contributed by atoms with Crippen molar-refractivity contribution in [2.24, 2.45) is 0 Å². The summed E-state index contributed by atoms with van der Waals surface area (Å²) < 4.78 is 0. The fourth-order valence-electron chi connectivity index (χ4n) is 2.71. The lowest BCUT2D eigenvalue weighted by Gasteiger charge is -2.18. The number of nitrogens with one attached hydrogen (secondary N) is 1. The summed E-state index contributed by atoms with van der Waals surface area (Å²) in [5, 5.41) is 13.7. The van der Waals surface area contributed by atoms with Gasteiger partial charge in [0.15, 0.2) is 0 Å². The molecule has 0 saturated heterocycles. The van der Waals surface area contributed by atoms with Crippen LogP contribution in [0, 0.1) is 0 Å². The van der Waals surface area contributed by atoms with Gasteiger partial charge in [0.05, 0.1) is 0 Å². The number of nitrogens with zero attached hydrogens (tertiary/aromatic N) is 3. The highest BCUT2D eigenvalue weighted by atomic mass is 32.1. The maximum atomic E-state index is 4.28. The van der Waals surface area contributed by atoms with E-state index >= 15 is 0 Å². The molecule has 3 rings (SSSR count). The zero-order valence-corrected chi connectivity index (χ0v) is 15.6. The van der Waals surface area contributed by atoms with Crippen LogP contribution in [-0.4, -0.2) is 28.2 Å². The van der Waals surface area contributed by atoms with Crippen molar-refractivity contribution in [1.82, 2.24) is 15.1 Å². The molecule has 0 atom stereocenters. The van der Waals surface area contributed by atoms with Crippen LogP contribution in [0.15, 0.2) is 54.6 Å². The molecule has 25 heavy (non-hydrogen) atoms. The second kappa shape index (κ2) is 8.74. The van der Waals surface area contributed by atoms with Crippen LogP contribution in [0.4, 0.5) is 5.13 Å². The molecule has 0 spiro atoms. The zero-order chi connectivity index (χ0) is 17.5. The van der Waals surface area contributed by atoms with Crippen molar-refractivity contribution in [1.29, 1.82) is 0 Å². The standard InChI is InChI=1S/C20H24N4S/c1-3-24(4-2)15-17-10-8-9-16(13-17)14-21-20-23-22-19(25-20)18-11-6-5-7-12-18/h5-13H,3-4,14-15H2,1-2H3,(H,21,23). The Balaban J connectivity index is 1.61. The molecule has 0 radical (unpaired) electrons. The Hall–Kier alpha value is -2.24. The lowest BCUT2D eigenvalue weighted by atomic mass is 10.1. The summed E-state index contributed by atoms with van der Waals surface area (Å²) in [6.07, 6.45) is 0. The third-order valence-corrected chi connectivity index (χ3v) is 5.11. The maximum Gasteiger partial charge on any atom is 0.206 e. The molecule has 130 valence electrons. The Morgan fingerprint density at radius 3 is 2.44 bits per heavy atom. The first-order valence-corrected chi connectivity index (χ1v) is 9.53.